The number of aliphatic hydroxyl groups is 1. The van der Waals surface area contributed by atoms with Crippen molar-refractivity contribution in [2.75, 3.05) is 30.4 Å². The average molecular weight is 568 g/mol. The second-order valence-electron chi connectivity index (χ2n) is 8.63. The summed E-state index contributed by atoms with van der Waals surface area (Å²) in [6, 6.07) is 11.3. The quantitative estimate of drug-likeness (QED) is 0.392. The fourth-order valence-corrected chi connectivity index (χ4v) is 4.64. The molecule has 0 radical (unpaired) electrons. The van der Waals surface area contributed by atoms with Crippen LogP contribution in [0.3, 0.4) is 0 Å². The number of carbonyl (C=O) groups is 2. The fraction of sp³-hybridized carbons (Fsp3) is 0.231. The molecule has 200 valence electrons. The summed E-state index contributed by atoms with van der Waals surface area (Å²) in [7, 11) is 1.31. The first-order chi connectivity index (χ1) is 17.9. The molecule has 1 heterocycles. The second-order valence-corrected chi connectivity index (χ2v) is 9.47. The highest BCUT2D eigenvalue weighted by Crippen LogP contribution is 2.47. The molecule has 1 aliphatic heterocycles. The molecule has 0 spiro atoms. The zero-order valence-electron chi connectivity index (χ0n) is 19.9. The van der Waals surface area contributed by atoms with Crippen LogP contribution in [-0.4, -0.2) is 43.0 Å². The Morgan fingerprint density at radius 1 is 1.13 bits per heavy atom. The second kappa shape index (κ2) is 10.5. The molecular formula is C26H22Cl2F3N3O4. The van der Waals surface area contributed by atoms with Crippen LogP contribution in [0.15, 0.2) is 54.6 Å². The fourth-order valence-electron chi connectivity index (χ4n) is 4.27. The Bertz CT molecular complexity index is 1420. The van der Waals surface area contributed by atoms with Crippen molar-refractivity contribution in [3.05, 3.63) is 87.2 Å². The lowest BCUT2D eigenvalue weighted by molar-refractivity contribution is -0.182. The molecule has 4 rings (SSSR count). The van der Waals surface area contributed by atoms with E-state index in [-0.39, 0.29) is 43.9 Å². The summed E-state index contributed by atoms with van der Waals surface area (Å²) in [5.41, 5.74) is 2.68. The Balaban J connectivity index is 1.69. The molecule has 38 heavy (non-hydrogen) atoms. The Kier molecular flexibility index (Phi) is 7.62. The number of hydrogen-bond acceptors (Lipinski definition) is 5. The Morgan fingerprint density at radius 3 is 2.55 bits per heavy atom. The maximum Gasteiger partial charge on any atom is 0.283 e. The molecule has 0 fully saturated rings. The van der Waals surface area contributed by atoms with Gasteiger partial charge in [-0.3, -0.25) is 9.59 Å². The predicted molar refractivity (Wildman–Crippen MR) is 138 cm³/mol. The van der Waals surface area contributed by atoms with E-state index in [9.17, 15) is 19.1 Å². The summed E-state index contributed by atoms with van der Waals surface area (Å²) < 4.78 is 49.0. The van der Waals surface area contributed by atoms with Crippen LogP contribution in [-0.2, 0) is 5.60 Å². The smallest absolute Gasteiger partial charge is 0.283 e. The summed E-state index contributed by atoms with van der Waals surface area (Å²) in [6.45, 7) is -1.23. The maximum atomic E-state index is 15.0. The third-order valence-electron chi connectivity index (χ3n) is 6.36. The molecule has 0 aliphatic carbocycles. The van der Waals surface area contributed by atoms with Gasteiger partial charge in [0, 0.05) is 35.7 Å². The molecule has 2 amide bonds. The van der Waals surface area contributed by atoms with Crippen molar-refractivity contribution in [3.63, 3.8) is 0 Å². The van der Waals surface area contributed by atoms with Gasteiger partial charge in [-0.1, -0.05) is 23.2 Å². The van der Waals surface area contributed by atoms with E-state index in [1.54, 1.807) is 0 Å². The molecule has 1 aliphatic rings. The van der Waals surface area contributed by atoms with Gasteiger partial charge in [-0.15, -0.1) is 0 Å². The highest BCUT2D eigenvalue weighted by Gasteiger charge is 2.56. The summed E-state index contributed by atoms with van der Waals surface area (Å²) in [5, 5.41) is 13.6. The minimum Gasteiger partial charge on any atom is -0.495 e. The van der Waals surface area contributed by atoms with E-state index in [0.29, 0.717) is 0 Å². The number of nitrogens with zero attached hydrogens (tertiary/aromatic N) is 1. The molecule has 3 aromatic carbocycles. The van der Waals surface area contributed by atoms with Crippen molar-refractivity contribution in [2.24, 2.45) is 5.73 Å². The molecule has 0 bridgehead atoms. The van der Waals surface area contributed by atoms with Crippen LogP contribution in [0.1, 0.15) is 32.7 Å². The molecule has 3 aromatic rings. The highest BCUT2D eigenvalue weighted by molar-refractivity contribution is 6.34. The largest absolute Gasteiger partial charge is 0.495 e. The van der Waals surface area contributed by atoms with Gasteiger partial charge in [-0.05, 0) is 54.6 Å². The first-order valence-corrected chi connectivity index (χ1v) is 12.0. The number of carbonyl (C=O) groups excluding carboxylic acids is 2. The molecule has 4 N–H and O–H groups in total. The van der Waals surface area contributed by atoms with E-state index in [0.717, 1.165) is 17.0 Å². The number of nitrogens with one attached hydrogen (secondary N) is 1. The van der Waals surface area contributed by atoms with Gasteiger partial charge in [0.2, 0.25) is 0 Å². The van der Waals surface area contributed by atoms with Crippen molar-refractivity contribution in [1.82, 2.24) is 0 Å². The van der Waals surface area contributed by atoms with Crippen molar-refractivity contribution < 1.29 is 32.6 Å². The SMILES string of the molecule is COc1cc(C(=O)N2CCC(F)(F)C(O)(CN)c3cc(Cl)ccc32)ccc1NC(=O)c1cc(F)ccc1Cl. The van der Waals surface area contributed by atoms with Crippen LogP contribution >= 0.6 is 23.2 Å². The monoisotopic (exact) mass is 567 g/mol. The van der Waals surface area contributed by atoms with E-state index < -0.39 is 48.7 Å². The predicted octanol–water partition coefficient (Wildman–Crippen LogP) is 5.23. The number of amides is 2. The Morgan fingerprint density at radius 2 is 1.87 bits per heavy atom. The number of anilines is 2. The van der Waals surface area contributed by atoms with Crippen molar-refractivity contribution in [1.29, 1.82) is 0 Å². The number of fused-ring (bicyclic) bond motifs is 1. The molecule has 12 heteroatoms. The number of halogens is 5. The lowest BCUT2D eigenvalue weighted by atomic mass is 9.85. The molecule has 7 nitrogen and oxygen atoms in total. The number of hydrogen-bond donors (Lipinski definition) is 3. The summed E-state index contributed by atoms with van der Waals surface area (Å²) >= 11 is 12.0. The van der Waals surface area contributed by atoms with Gasteiger partial charge >= 0.3 is 0 Å². The Labute approximate surface area is 225 Å². The summed E-state index contributed by atoms with van der Waals surface area (Å²) in [4.78, 5) is 27.3. The lowest BCUT2D eigenvalue weighted by Gasteiger charge is -2.34. The van der Waals surface area contributed by atoms with Crippen LogP contribution in [0.4, 0.5) is 24.5 Å². The molecule has 0 saturated carbocycles. The Hall–Kier alpha value is -3.31. The van der Waals surface area contributed by atoms with Gasteiger partial charge in [0.1, 0.15) is 11.6 Å². The van der Waals surface area contributed by atoms with Gasteiger partial charge in [-0.25, -0.2) is 13.2 Å². The summed E-state index contributed by atoms with van der Waals surface area (Å²) in [6.07, 6.45) is -0.863. The lowest BCUT2D eigenvalue weighted by Crippen LogP contribution is -2.50. The third kappa shape index (κ3) is 4.92. The molecule has 1 unspecified atom stereocenters. The van der Waals surface area contributed by atoms with E-state index in [1.807, 2.05) is 0 Å². The van der Waals surface area contributed by atoms with E-state index in [4.69, 9.17) is 33.7 Å². The standard InChI is InChI=1S/C26H22Cl2F3N3O4/c1-38-22-10-14(2-6-20(22)33-23(35)17-12-16(29)4-5-19(17)28)24(36)34-9-8-26(30,31)25(37,13-32)18-11-15(27)3-7-21(18)34/h2-7,10-12,37H,8-9,13,32H2,1H3,(H,33,35). The minimum absolute atomic E-state index is 0.0293. The van der Waals surface area contributed by atoms with Crippen molar-refractivity contribution in [2.45, 2.75) is 17.9 Å². The van der Waals surface area contributed by atoms with Crippen LogP contribution in [0, 0.1) is 5.82 Å². The summed E-state index contributed by atoms with van der Waals surface area (Å²) in [5.74, 6) is -5.62. The van der Waals surface area contributed by atoms with Crippen LogP contribution in [0.5, 0.6) is 5.75 Å². The van der Waals surface area contributed by atoms with Gasteiger partial charge in [0.25, 0.3) is 17.7 Å². The number of methoxy groups -OCH3 is 1. The van der Waals surface area contributed by atoms with Gasteiger partial charge in [0.15, 0.2) is 5.60 Å². The number of benzene rings is 3. The number of alkyl halides is 2. The van der Waals surface area contributed by atoms with E-state index in [2.05, 4.69) is 5.32 Å². The van der Waals surface area contributed by atoms with Crippen molar-refractivity contribution >= 4 is 46.4 Å². The topological polar surface area (TPSA) is 105 Å². The normalized spacial score (nSPS) is 18.4. The average Bonchev–Trinajstić information content (AvgIpc) is 2.97. The highest BCUT2D eigenvalue weighted by atomic mass is 35.5. The van der Waals surface area contributed by atoms with Crippen LogP contribution < -0.4 is 20.7 Å². The van der Waals surface area contributed by atoms with Gasteiger partial charge < -0.3 is 25.8 Å². The van der Waals surface area contributed by atoms with Crippen molar-refractivity contribution in [3.8, 4) is 5.75 Å². The zero-order valence-corrected chi connectivity index (χ0v) is 21.4. The zero-order chi connectivity index (χ0) is 27.8. The van der Waals surface area contributed by atoms with E-state index in [1.165, 1.54) is 49.6 Å². The number of nitrogens with two attached hydrogens (primary N) is 1. The van der Waals surface area contributed by atoms with Gasteiger partial charge in [-0.2, -0.15) is 0 Å². The minimum atomic E-state index is -3.65. The molecule has 0 saturated heterocycles. The number of ether oxygens (including phenoxy) is 1. The van der Waals surface area contributed by atoms with E-state index >= 15 is 8.78 Å². The molecular weight excluding hydrogens is 546 g/mol. The first kappa shape index (κ1) is 27.7. The van der Waals surface area contributed by atoms with Crippen LogP contribution in [0.2, 0.25) is 10.0 Å². The maximum absolute atomic E-state index is 15.0. The van der Waals surface area contributed by atoms with Gasteiger partial charge in [0.05, 0.1) is 29.1 Å². The van der Waals surface area contributed by atoms with Crippen LogP contribution in [0.25, 0.3) is 0 Å². The number of rotatable bonds is 5. The molecule has 0 aromatic heterocycles. The first-order valence-electron chi connectivity index (χ1n) is 11.3. The third-order valence-corrected chi connectivity index (χ3v) is 6.92. The molecule has 1 atom stereocenters.